The van der Waals surface area contributed by atoms with Crippen molar-refractivity contribution < 1.29 is 9.84 Å². The molecule has 2 rings (SSSR count). The first-order valence-corrected chi connectivity index (χ1v) is 6.07. The number of piperidine rings is 1. The molecule has 0 bridgehead atoms. The summed E-state index contributed by atoms with van der Waals surface area (Å²) in [6.45, 7) is 3.45. The Bertz CT molecular complexity index is 334. The fourth-order valence-corrected chi connectivity index (χ4v) is 2.10. The van der Waals surface area contributed by atoms with Crippen molar-refractivity contribution in [1.82, 2.24) is 19.7 Å². The van der Waals surface area contributed by atoms with Gasteiger partial charge in [-0.05, 0) is 12.8 Å². The van der Waals surface area contributed by atoms with E-state index in [2.05, 4.69) is 15.1 Å². The fraction of sp³-hybridized carbons (Fsp3) is 0.818. The van der Waals surface area contributed by atoms with Crippen molar-refractivity contribution in [3.63, 3.8) is 0 Å². The summed E-state index contributed by atoms with van der Waals surface area (Å²) in [6, 6.07) is 0. The SMILES string of the molecule is Cn1cnnc1CN1CCC(OCCO)CC1. The largest absolute Gasteiger partial charge is 0.394 e. The topological polar surface area (TPSA) is 63.4 Å². The van der Waals surface area contributed by atoms with E-state index in [4.69, 9.17) is 9.84 Å². The van der Waals surface area contributed by atoms with Crippen molar-refractivity contribution in [2.45, 2.75) is 25.5 Å². The first-order chi connectivity index (χ1) is 8.29. The summed E-state index contributed by atoms with van der Waals surface area (Å²) < 4.78 is 7.48. The van der Waals surface area contributed by atoms with E-state index < -0.39 is 0 Å². The Kier molecular flexibility index (Phi) is 4.47. The van der Waals surface area contributed by atoms with Gasteiger partial charge >= 0.3 is 0 Å². The third-order valence-electron chi connectivity index (χ3n) is 3.15. The molecule has 0 amide bonds. The van der Waals surface area contributed by atoms with Crippen LogP contribution in [0.1, 0.15) is 18.7 Å². The van der Waals surface area contributed by atoms with Crippen LogP contribution >= 0.6 is 0 Å². The summed E-state index contributed by atoms with van der Waals surface area (Å²) in [5, 5.41) is 16.7. The lowest BCUT2D eigenvalue weighted by Crippen LogP contribution is -2.37. The zero-order chi connectivity index (χ0) is 12.1. The van der Waals surface area contributed by atoms with Gasteiger partial charge in [0.25, 0.3) is 0 Å². The summed E-state index contributed by atoms with van der Waals surface area (Å²) in [7, 11) is 1.96. The third-order valence-corrected chi connectivity index (χ3v) is 3.15. The molecule has 0 saturated carbocycles. The maximum Gasteiger partial charge on any atom is 0.146 e. The Morgan fingerprint density at radius 2 is 2.24 bits per heavy atom. The molecular weight excluding hydrogens is 220 g/mol. The van der Waals surface area contributed by atoms with Gasteiger partial charge in [0, 0.05) is 20.1 Å². The second-order valence-corrected chi connectivity index (χ2v) is 4.43. The lowest BCUT2D eigenvalue weighted by Gasteiger charge is -2.31. The molecule has 1 saturated heterocycles. The van der Waals surface area contributed by atoms with Gasteiger partial charge < -0.3 is 14.4 Å². The van der Waals surface area contributed by atoms with Gasteiger partial charge in [0.2, 0.25) is 0 Å². The normalized spacial score (nSPS) is 18.7. The van der Waals surface area contributed by atoms with Crippen LogP contribution in [0.25, 0.3) is 0 Å². The zero-order valence-electron chi connectivity index (χ0n) is 10.2. The van der Waals surface area contributed by atoms with E-state index >= 15 is 0 Å². The molecule has 2 heterocycles. The van der Waals surface area contributed by atoms with Gasteiger partial charge in [0.05, 0.1) is 25.9 Å². The van der Waals surface area contributed by atoms with E-state index in [9.17, 15) is 0 Å². The van der Waals surface area contributed by atoms with Gasteiger partial charge in [-0.25, -0.2) is 0 Å². The van der Waals surface area contributed by atoms with Gasteiger partial charge in [-0.2, -0.15) is 0 Å². The van der Waals surface area contributed by atoms with Gasteiger partial charge in [-0.3, -0.25) is 4.90 Å². The molecule has 6 nitrogen and oxygen atoms in total. The molecule has 0 aliphatic carbocycles. The second-order valence-electron chi connectivity index (χ2n) is 4.43. The van der Waals surface area contributed by atoms with Crippen LogP contribution < -0.4 is 0 Å². The van der Waals surface area contributed by atoms with Crippen LogP contribution in [0.15, 0.2) is 6.33 Å². The number of likely N-dealkylation sites (tertiary alicyclic amines) is 1. The number of aliphatic hydroxyl groups excluding tert-OH is 1. The van der Waals surface area contributed by atoms with Crippen molar-refractivity contribution in [2.75, 3.05) is 26.3 Å². The number of ether oxygens (including phenoxy) is 1. The molecule has 0 atom stereocenters. The third kappa shape index (κ3) is 3.49. The van der Waals surface area contributed by atoms with Crippen LogP contribution in [-0.4, -0.2) is 57.2 Å². The Morgan fingerprint density at radius 1 is 1.47 bits per heavy atom. The van der Waals surface area contributed by atoms with E-state index in [0.717, 1.165) is 38.3 Å². The average molecular weight is 240 g/mol. The maximum atomic E-state index is 8.70. The maximum absolute atomic E-state index is 8.70. The van der Waals surface area contributed by atoms with Gasteiger partial charge in [-0.15, -0.1) is 10.2 Å². The molecule has 1 aliphatic heterocycles. The Morgan fingerprint density at radius 3 is 2.82 bits per heavy atom. The number of aryl methyl sites for hydroxylation is 1. The molecule has 0 unspecified atom stereocenters. The summed E-state index contributed by atoms with van der Waals surface area (Å²) >= 11 is 0. The van der Waals surface area contributed by atoms with Crippen molar-refractivity contribution in [3.8, 4) is 0 Å². The highest BCUT2D eigenvalue weighted by Crippen LogP contribution is 2.15. The molecule has 0 radical (unpaired) electrons. The lowest BCUT2D eigenvalue weighted by atomic mass is 10.1. The minimum absolute atomic E-state index is 0.110. The highest BCUT2D eigenvalue weighted by Gasteiger charge is 2.20. The van der Waals surface area contributed by atoms with Crippen molar-refractivity contribution in [1.29, 1.82) is 0 Å². The smallest absolute Gasteiger partial charge is 0.146 e. The highest BCUT2D eigenvalue weighted by atomic mass is 16.5. The van der Waals surface area contributed by atoms with Crippen LogP contribution in [0.4, 0.5) is 0 Å². The lowest BCUT2D eigenvalue weighted by molar-refractivity contribution is -0.00950. The molecule has 1 aromatic rings. The van der Waals surface area contributed by atoms with Crippen molar-refractivity contribution in [3.05, 3.63) is 12.2 Å². The van der Waals surface area contributed by atoms with Crippen molar-refractivity contribution >= 4 is 0 Å². The molecule has 1 fully saturated rings. The highest BCUT2D eigenvalue weighted by molar-refractivity contribution is 4.85. The predicted octanol–water partition coefficient (Wildman–Crippen LogP) is -0.212. The standard InChI is InChI=1S/C11H20N4O2/c1-14-9-12-13-11(14)8-15-4-2-10(3-5-15)17-7-6-16/h9-10,16H,2-8H2,1H3. The molecule has 6 heteroatoms. The van der Waals surface area contributed by atoms with Crippen LogP contribution in [-0.2, 0) is 18.3 Å². The molecule has 1 N–H and O–H groups in total. The van der Waals surface area contributed by atoms with Gasteiger partial charge in [0.1, 0.15) is 12.2 Å². The van der Waals surface area contributed by atoms with E-state index in [0.29, 0.717) is 12.7 Å². The minimum Gasteiger partial charge on any atom is -0.394 e. The zero-order valence-corrected chi connectivity index (χ0v) is 10.2. The van der Waals surface area contributed by atoms with E-state index in [-0.39, 0.29) is 6.61 Å². The van der Waals surface area contributed by atoms with Gasteiger partial charge in [-0.1, -0.05) is 0 Å². The number of rotatable bonds is 5. The van der Waals surface area contributed by atoms with Crippen LogP contribution in [0.5, 0.6) is 0 Å². The van der Waals surface area contributed by atoms with Gasteiger partial charge in [0.15, 0.2) is 0 Å². The Labute approximate surface area is 101 Å². The number of aliphatic hydroxyl groups is 1. The molecule has 1 aliphatic rings. The van der Waals surface area contributed by atoms with Crippen LogP contribution in [0, 0.1) is 0 Å². The minimum atomic E-state index is 0.110. The summed E-state index contributed by atoms with van der Waals surface area (Å²) in [5.74, 6) is 1.000. The first kappa shape index (κ1) is 12.5. The first-order valence-electron chi connectivity index (χ1n) is 6.07. The monoisotopic (exact) mass is 240 g/mol. The number of hydrogen-bond donors (Lipinski definition) is 1. The molecule has 0 spiro atoms. The average Bonchev–Trinajstić information content (AvgIpc) is 2.74. The van der Waals surface area contributed by atoms with Crippen molar-refractivity contribution in [2.24, 2.45) is 7.05 Å². The fourth-order valence-electron chi connectivity index (χ4n) is 2.10. The molecule has 17 heavy (non-hydrogen) atoms. The predicted molar refractivity (Wildman–Crippen MR) is 62.3 cm³/mol. The molecular formula is C11H20N4O2. The Hall–Kier alpha value is -0.980. The number of nitrogens with zero attached hydrogens (tertiary/aromatic N) is 4. The van der Waals surface area contributed by atoms with E-state index in [1.807, 2.05) is 11.6 Å². The Balaban J connectivity index is 1.74. The molecule has 96 valence electrons. The number of aromatic nitrogens is 3. The van der Waals surface area contributed by atoms with E-state index in [1.165, 1.54) is 0 Å². The quantitative estimate of drug-likeness (QED) is 0.771. The molecule has 1 aromatic heterocycles. The summed E-state index contributed by atoms with van der Waals surface area (Å²) in [4.78, 5) is 2.36. The number of hydrogen-bond acceptors (Lipinski definition) is 5. The molecule has 0 aromatic carbocycles. The van der Waals surface area contributed by atoms with E-state index in [1.54, 1.807) is 6.33 Å². The van der Waals surface area contributed by atoms with Crippen LogP contribution in [0.3, 0.4) is 0 Å². The second kappa shape index (κ2) is 6.09. The summed E-state index contributed by atoms with van der Waals surface area (Å²) in [5.41, 5.74) is 0. The summed E-state index contributed by atoms with van der Waals surface area (Å²) in [6.07, 6.45) is 4.08. The van der Waals surface area contributed by atoms with Crippen LogP contribution in [0.2, 0.25) is 0 Å².